The molecule has 1 aromatic heterocycles. The average Bonchev–Trinajstić information content (AvgIpc) is 2.85. The molecule has 0 radical (unpaired) electrons. The summed E-state index contributed by atoms with van der Waals surface area (Å²) in [5.74, 6) is -2.43. The number of nitrogens with one attached hydrogen (secondary N) is 1. The van der Waals surface area contributed by atoms with Gasteiger partial charge in [0, 0.05) is 38.5 Å². The molecule has 2 aromatic rings. The van der Waals surface area contributed by atoms with Gasteiger partial charge in [0.2, 0.25) is 5.91 Å². The Morgan fingerprint density at radius 3 is 2.58 bits per heavy atom. The van der Waals surface area contributed by atoms with Gasteiger partial charge in [-0.2, -0.15) is 13.0 Å². The molecule has 38 heavy (non-hydrogen) atoms. The first-order chi connectivity index (χ1) is 17.9. The summed E-state index contributed by atoms with van der Waals surface area (Å²) in [4.78, 5) is 39.8. The summed E-state index contributed by atoms with van der Waals surface area (Å²) in [5, 5.41) is 15.0. The minimum Gasteiger partial charge on any atom is -0.543 e. The quantitative estimate of drug-likeness (QED) is 0.170. The average molecular weight is 637 g/mol. The summed E-state index contributed by atoms with van der Waals surface area (Å²) in [6, 6.07) is 7.29. The fourth-order valence-corrected chi connectivity index (χ4v) is 7.94. The zero-order valence-electron chi connectivity index (χ0n) is 19.2. The van der Waals surface area contributed by atoms with Crippen LogP contribution in [0.2, 0.25) is 10.0 Å². The molecule has 2 N–H and O–H groups in total. The first-order valence-corrected chi connectivity index (χ1v) is 16.1. The molecule has 1 saturated heterocycles. The number of fused-ring (bicyclic) bond motifs is 1. The highest BCUT2D eigenvalue weighted by molar-refractivity contribution is 8.01. The number of aliphatic carboxylic acids is 1. The Balaban J connectivity index is 1.37. The van der Waals surface area contributed by atoms with E-state index in [0.29, 0.717) is 26.3 Å². The summed E-state index contributed by atoms with van der Waals surface area (Å²) < 4.78 is 32.2. The second kappa shape index (κ2) is 12.1. The molecule has 0 saturated carbocycles. The van der Waals surface area contributed by atoms with Gasteiger partial charge < -0.3 is 15.2 Å². The third-order valence-corrected chi connectivity index (χ3v) is 10.2. The van der Waals surface area contributed by atoms with E-state index in [0.717, 1.165) is 9.80 Å². The molecule has 0 aliphatic carbocycles. The molecule has 16 heteroatoms. The Morgan fingerprint density at radius 1 is 1.21 bits per heavy atom. The van der Waals surface area contributed by atoms with Crippen LogP contribution in [-0.4, -0.2) is 64.3 Å². The molecule has 1 fully saturated rings. The Morgan fingerprint density at radius 2 is 1.92 bits per heavy atom. The van der Waals surface area contributed by atoms with E-state index in [2.05, 4.69) is 5.32 Å². The molecule has 2 amide bonds. The van der Waals surface area contributed by atoms with Crippen molar-refractivity contribution in [3.05, 3.63) is 64.0 Å². The lowest BCUT2D eigenvalue weighted by atomic mass is 10.0. The van der Waals surface area contributed by atoms with Crippen molar-refractivity contribution in [2.24, 2.45) is 0 Å². The van der Waals surface area contributed by atoms with Crippen molar-refractivity contribution in [3.63, 3.8) is 0 Å². The van der Waals surface area contributed by atoms with Crippen molar-refractivity contribution in [2.45, 2.75) is 27.1 Å². The second-order valence-corrected chi connectivity index (χ2v) is 13.5. The molecule has 10 nitrogen and oxygen atoms in total. The van der Waals surface area contributed by atoms with Crippen LogP contribution < -0.4 is 15.0 Å². The lowest BCUT2D eigenvalue weighted by Crippen LogP contribution is -2.71. The summed E-state index contributed by atoms with van der Waals surface area (Å²) in [6.07, 6.45) is 2.95. The molecule has 2 aliphatic rings. The van der Waals surface area contributed by atoms with Gasteiger partial charge in [-0.15, -0.1) is 35.3 Å². The van der Waals surface area contributed by atoms with Gasteiger partial charge in [0.15, 0.2) is 12.4 Å². The number of hydrogen-bond donors (Lipinski definition) is 2. The van der Waals surface area contributed by atoms with Gasteiger partial charge in [-0.05, 0) is 23.8 Å². The number of rotatable bonds is 10. The molecule has 2 aliphatic heterocycles. The number of carbonyl (C=O) groups excluding carboxylic acids is 3. The second-order valence-electron chi connectivity index (χ2n) is 8.11. The van der Waals surface area contributed by atoms with E-state index in [4.69, 9.17) is 27.8 Å². The van der Waals surface area contributed by atoms with Crippen LogP contribution in [0.15, 0.2) is 63.8 Å². The number of pyridine rings is 1. The van der Waals surface area contributed by atoms with Crippen molar-refractivity contribution < 1.29 is 37.0 Å². The Labute approximate surface area is 240 Å². The maximum absolute atomic E-state index is 12.8. The third kappa shape index (κ3) is 6.97. The summed E-state index contributed by atoms with van der Waals surface area (Å²) in [5.41, 5.74) is 0.296. The fraction of sp³-hybridized carbons (Fsp3) is 0.273. The lowest BCUT2D eigenvalue weighted by molar-refractivity contribution is -0.678. The lowest BCUT2D eigenvalue weighted by Gasteiger charge is -2.50. The fourth-order valence-electron chi connectivity index (χ4n) is 3.71. The topological polar surface area (TPSA) is 148 Å². The minimum absolute atomic E-state index is 0.00634. The Bertz CT molecular complexity index is 1420. The zero-order valence-corrected chi connectivity index (χ0v) is 24.0. The van der Waals surface area contributed by atoms with Crippen LogP contribution in [-0.2, 0) is 30.4 Å². The zero-order chi connectivity index (χ0) is 27.6. The number of thioether (sulfide) groups is 3. The van der Waals surface area contributed by atoms with Crippen LogP contribution in [0.4, 0.5) is 0 Å². The predicted octanol–water partition coefficient (Wildman–Crippen LogP) is 1.41. The van der Waals surface area contributed by atoms with Crippen LogP contribution in [0.25, 0.3) is 0 Å². The van der Waals surface area contributed by atoms with Gasteiger partial charge in [-0.25, -0.2) is 0 Å². The van der Waals surface area contributed by atoms with Crippen molar-refractivity contribution >= 4 is 86.4 Å². The van der Waals surface area contributed by atoms with Gasteiger partial charge in [-0.1, -0.05) is 23.2 Å². The van der Waals surface area contributed by atoms with E-state index in [1.807, 2.05) is 0 Å². The summed E-state index contributed by atoms with van der Waals surface area (Å²) >= 11 is 15.9. The van der Waals surface area contributed by atoms with E-state index in [9.17, 15) is 27.9 Å². The maximum Gasteiger partial charge on any atom is 0.326 e. The number of aromatic nitrogens is 1. The van der Waals surface area contributed by atoms with Gasteiger partial charge in [0.1, 0.15) is 11.4 Å². The molecule has 4 rings (SSSR count). The number of carboxylic acids is 1. The van der Waals surface area contributed by atoms with Crippen molar-refractivity contribution in [1.29, 1.82) is 0 Å². The van der Waals surface area contributed by atoms with Crippen molar-refractivity contribution in [3.8, 4) is 0 Å². The van der Waals surface area contributed by atoms with Gasteiger partial charge in [-0.3, -0.25) is 19.0 Å². The highest BCUT2D eigenvalue weighted by atomic mass is 35.5. The van der Waals surface area contributed by atoms with Gasteiger partial charge in [0.25, 0.3) is 11.8 Å². The molecule has 0 spiro atoms. The molecule has 3 heterocycles. The molecule has 2 atom stereocenters. The first-order valence-electron chi connectivity index (χ1n) is 10.8. The molecular formula is C22H19Cl2N3O7S4. The summed E-state index contributed by atoms with van der Waals surface area (Å²) in [7, 11) is -4.18. The number of nitrogens with zero attached hydrogens (tertiary/aromatic N) is 2. The number of β-lactam (4-membered cyclic amide) rings is 1. The molecule has 0 unspecified atom stereocenters. The Hall–Kier alpha value is -1.94. The molecule has 0 bridgehead atoms. The standard InChI is InChI=1S/C22H19Cl2N3O7S4/c23-13-1-2-15(24)16(7-13)36-10-17(28)25-18-20(29)27-19(22(30)31)12(9-37-21(18)27)8-35-14-3-5-26(6-4-14)11-38(32,33)34/h1-7,18,21H,8-11H2,(H2-,25,28,30,31,32,33,34)/t18-,21-/m1/s1. The van der Waals surface area contributed by atoms with E-state index in [1.54, 1.807) is 30.3 Å². The predicted molar refractivity (Wildman–Crippen MR) is 143 cm³/mol. The van der Waals surface area contributed by atoms with Crippen LogP contribution in [0.5, 0.6) is 0 Å². The van der Waals surface area contributed by atoms with E-state index < -0.39 is 45.2 Å². The van der Waals surface area contributed by atoms with Gasteiger partial charge in [0.05, 0.1) is 22.4 Å². The molecule has 1 aromatic carbocycles. The minimum atomic E-state index is -4.18. The third-order valence-electron chi connectivity index (χ3n) is 5.39. The maximum atomic E-state index is 12.8. The number of hydrogen-bond acceptors (Lipinski definition) is 9. The van der Waals surface area contributed by atoms with E-state index >= 15 is 0 Å². The highest BCUT2D eigenvalue weighted by Crippen LogP contribution is 2.41. The first kappa shape index (κ1) is 29.1. The monoisotopic (exact) mass is 635 g/mol. The van der Waals surface area contributed by atoms with Crippen molar-refractivity contribution in [1.82, 2.24) is 10.2 Å². The van der Waals surface area contributed by atoms with Gasteiger partial charge >= 0.3 is 10.1 Å². The largest absolute Gasteiger partial charge is 0.543 e. The van der Waals surface area contributed by atoms with Crippen LogP contribution in [0.3, 0.4) is 0 Å². The number of amides is 2. The normalized spacial score (nSPS) is 19.1. The SMILES string of the molecule is O=C(CSc1cc(Cl)ccc1Cl)N[C@@H]1C(=O)N2C(C(=O)[O-])=C(CSc3cc[n+](CS(=O)(=O)O)cc3)CS[C@H]12. The van der Waals surface area contributed by atoms with Crippen molar-refractivity contribution in [2.75, 3.05) is 17.3 Å². The number of carboxylic acid groups (broad SMARTS) is 1. The number of carbonyl (C=O) groups is 3. The van der Waals surface area contributed by atoms with Crippen LogP contribution in [0, 0.1) is 0 Å². The molecular weight excluding hydrogens is 617 g/mol. The van der Waals surface area contributed by atoms with E-state index in [-0.39, 0.29) is 17.2 Å². The Kier molecular flexibility index (Phi) is 9.22. The smallest absolute Gasteiger partial charge is 0.326 e. The number of benzene rings is 1. The van der Waals surface area contributed by atoms with Crippen LogP contribution >= 0.6 is 58.5 Å². The van der Waals surface area contributed by atoms with E-state index in [1.165, 1.54) is 52.2 Å². The molecule has 202 valence electrons. The summed E-state index contributed by atoms with van der Waals surface area (Å²) in [6.45, 7) is 0. The van der Waals surface area contributed by atoms with Crippen LogP contribution in [0.1, 0.15) is 0 Å². The number of halogens is 2. The highest BCUT2D eigenvalue weighted by Gasteiger charge is 2.52.